The number of aliphatic hydroxyl groups excluding tert-OH is 1. The Bertz CT molecular complexity index is 561. The topological polar surface area (TPSA) is 46.5 Å². The van der Waals surface area contributed by atoms with E-state index >= 15 is 0 Å². The van der Waals surface area contributed by atoms with Crippen LogP contribution in [-0.2, 0) is 9.53 Å². The molecule has 2 aliphatic carbocycles. The molecule has 0 aromatic carbocycles. The third-order valence-corrected chi connectivity index (χ3v) is 7.34. The van der Waals surface area contributed by atoms with Gasteiger partial charge in [-0.25, -0.2) is 4.79 Å². The zero-order valence-electron chi connectivity index (χ0n) is 14.9. The molecule has 3 nitrogen and oxygen atoms in total. The molecule has 0 spiro atoms. The number of hydrogen-bond donors (Lipinski definition) is 1. The van der Waals surface area contributed by atoms with Gasteiger partial charge in [-0.15, -0.1) is 0 Å². The monoisotopic (exact) mass is 318 g/mol. The van der Waals surface area contributed by atoms with Gasteiger partial charge in [-0.05, 0) is 67.8 Å². The smallest absolute Gasteiger partial charge is 0.336 e. The predicted molar refractivity (Wildman–Crippen MR) is 90.8 cm³/mol. The number of carbonyl (C=O) groups is 1. The Labute approximate surface area is 139 Å². The van der Waals surface area contributed by atoms with Gasteiger partial charge in [-0.1, -0.05) is 32.4 Å². The highest BCUT2D eigenvalue weighted by Gasteiger charge is 2.54. The van der Waals surface area contributed by atoms with Crippen LogP contribution in [0.15, 0.2) is 23.3 Å². The van der Waals surface area contributed by atoms with E-state index in [1.54, 1.807) is 6.08 Å². The fraction of sp³-hybridized carbons (Fsp3) is 0.750. The zero-order chi connectivity index (χ0) is 16.8. The van der Waals surface area contributed by atoms with Gasteiger partial charge in [0.15, 0.2) is 0 Å². The van der Waals surface area contributed by atoms with Gasteiger partial charge < -0.3 is 9.84 Å². The van der Waals surface area contributed by atoms with Crippen LogP contribution in [0.25, 0.3) is 0 Å². The Morgan fingerprint density at radius 3 is 2.74 bits per heavy atom. The van der Waals surface area contributed by atoms with Crippen LogP contribution in [0, 0.1) is 22.7 Å². The zero-order valence-corrected chi connectivity index (χ0v) is 14.9. The molecule has 3 rings (SSSR count). The van der Waals surface area contributed by atoms with Crippen molar-refractivity contribution in [2.45, 2.75) is 65.9 Å². The predicted octanol–water partition coefficient (Wildman–Crippen LogP) is 4.02. The highest BCUT2D eigenvalue weighted by molar-refractivity contribution is 5.91. The molecule has 5 atom stereocenters. The maximum Gasteiger partial charge on any atom is 0.336 e. The minimum atomic E-state index is -0.703. The highest BCUT2D eigenvalue weighted by Crippen LogP contribution is 2.61. The van der Waals surface area contributed by atoms with Crippen molar-refractivity contribution in [2.24, 2.45) is 22.7 Å². The maximum absolute atomic E-state index is 11.8. The molecule has 1 aliphatic heterocycles. The van der Waals surface area contributed by atoms with Crippen LogP contribution >= 0.6 is 0 Å². The second-order valence-electron chi connectivity index (χ2n) is 8.36. The first kappa shape index (κ1) is 16.8. The molecule has 3 aliphatic rings. The largest absolute Gasteiger partial charge is 0.458 e. The minimum absolute atomic E-state index is 0.0473. The summed E-state index contributed by atoms with van der Waals surface area (Å²) in [4.78, 5) is 11.8. The van der Waals surface area contributed by atoms with Crippen LogP contribution in [0.2, 0.25) is 0 Å². The molecule has 0 aromatic heterocycles. The Balaban J connectivity index is 1.88. The Morgan fingerprint density at radius 2 is 2.09 bits per heavy atom. The fourth-order valence-electron chi connectivity index (χ4n) is 5.43. The van der Waals surface area contributed by atoms with Crippen molar-refractivity contribution in [3.05, 3.63) is 23.3 Å². The van der Waals surface area contributed by atoms with E-state index in [9.17, 15) is 9.90 Å². The summed E-state index contributed by atoms with van der Waals surface area (Å²) in [5.74, 6) is 0.780. The van der Waals surface area contributed by atoms with Gasteiger partial charge >= 0.3 is 5.97 Å². The fourth-order valence-corrected chi connectivity index (χ4v) is 5.43. The number of esters is 1. The van der Waals surface area contributed by atoms with E-state index in [0.717, 1.165) is 6.42 Å². The summed E-state index contributed by atoms with van der Waals surface area (Å²) in [5, 5.41) is 10.7. The number of aliphatic hydroxyl groups is 1. The number of allylic oxidation sites excluding steroid dienone is 2. The van der Waals surface area contributed by atoms with Crippen LogP contribution in [-0.4, -0.2) is 23.8 Å². The van der Waals surface area contributed by atoms with E-state index in [4.69, 9.17) is 4.74 Å². The van der Waals surface area contributed by atoms with E-state index in [-0.39, 0.29) is 16.8 Å². The summed E-state index contributed by atoms with van der Waals surface area (Å²) < 4.78 is 4.98. The molecular weight excluding hydrogens is 288 g/mol. The summed E-state index contributed by atoms with van der Waals surface area (Å²) in [6.07, 6.45) is 8.84. The van der Waals surface area contributed by atoms with Crippen molar-refractivity contribution in [2.75, 3.05) is 6.61 Å². The van der Waals surface area contributed by atoms with Gasteiger partial charge in [-0.2, -0.15) is 0 Å². The third kappa shape index (κ3) is 2.57. The Hall–Kier alpha value is -1.09. The second-order valence-corrected chi connectivity index (χ2v) is 8.36. The molecule has 0 aromatic rings. The summed E-state index contributed by atoms with van der Waals surface area (Å²) in [5.41, 5.74) is 2.27. The van der Waals surface area contributed by atoms with Crippen molar-refractivity contribution in [3.8, 4) is 0 Å². The highest BCUT2D eigenvalue weighted by atomic mass is 16.5. The maximum atomic E-state index is 11.8. The molecule has 128 valence electrons. The molecule has 1 fully saturated rings. The van der Waals surface area contributed by atoms with E-state index in [1.165, 1.54) is 24.8 Å². The molecule has 1 N–H and O–H groups in total. The van der Waals surface area contributed by atoms with Gasteiger partial charge in [0, 0.05) is 0 Å². The van der Waals surface area contributed by atoms with Crippen LogP contribution in [0.4, 0.5) is 0 Å². The van der Waals surface area contributed by atoms with Crippen molar-refractivity contribution in [1.82, 2.24) is 0 Å². The normalized spacial score (nSPS) is 41.7. The van der Waals surface area contributed by atoms with Crippen LogP contribution in [0.1, 0.15) is 59.8 Å². The number of carbonyl (C=O) groups excluding carboxylic acids is 1. The van der Waals surface area contributed by atoms with Crippen LogP contribution in [0.5, 0.6) is 0 Å². The first-order valence-electron chi connectivity index (χ1n) is 9.01. The van der Waals surface area contributed by atoms with Gasteiger partial charge in [0.2, 0.25) is 0 Å². The van der Waals surface area contributed by atoms with Crippen molar-refractivity contribution in [3.63, 3.8) is 0 Å². The summed E-state index contributed by atoms with van der Waals surface area (Å²) in [7, 11) is 0. The molecule has 1 saturated carbocycles. The number of rotatable bonds is 3. The van der Waals surface area contributed by atoms with Gasteiger partial charge in [0.1, 0.15) is 6.61 Å². The van der Waals surface area contributed by atoms with Gasteiger partial charge in [0.05, 0.1) is 11.7 Å². The lowest BCUT2D eigenvalue weighted by Gasteiger charge is -2.58. The number of cyclic esters (lactones) is 1. The van der Waals surface area contributed by atoms with Crippen LogP contribution < -0.4 is 0 Å². The lowest BCUT2D eigenvalue weighted by Crippen LogP contribution is -2.51. The number of ether oxygens (including phenoxy) is 1. The number of hydrogen-bond acceptors (Lipinski definition) is 3. The number of fused-ring (bicyclic) bond motifs is 1. The Kier molecular flexibility index (Phi) is 4.20. The van der Waals surface area contributed by atoms with Gasteiger partial charge in [-0.3, -0.25) is 0 Å². The molecule has 3 heteroatoms. The van der Waals surface area contributed by atoms with E-state index < -0.39 is 6.10 Å². The summed E-state index contributed by atoms with van der Waals surface area (Å²) >= 11 is 0. The second kappa shape index (κ2) is 5.77. The summed E-state index contributed by atoms with van der Waals surface area (Å²) in [6, 6.07) is 0. The van der Waals surface area contributed by atoms with Gasteiger partial charge in [0.25, 0.3) is 0 Å². The van der Waals surface area contributed by atoms with Crippen molar-refractivity contribution < 1.29 is 14.6 Å². The molecule has 1 heterocycles. The molecule has 0 saturated heterocycles. The SMILES string of the molecule is CC1=CCC[C@H]2[C@](C)(C[C@H](O)C3=CCOC3=O)[C@@H](C)CC[C@]12C. The van der Waals surface area contributed by atoms with E-state index in [2.05, 4.69) is 33.8 Å². The lowest BCUT2D eigenvalue weighted by molar-refractivity contribution is -0.137. The quantitative estimate of drug-likeness (QED) is 0.631. The molecule has 0 bridgehead atoms. The molecule has 0 unspecified atom stereocenters. The average Bonchev–Trinajstić information content (AvgIpc) is 2.92. The first-order valence-corrected chi connectivity index (χ1v) is 9.01. The van der Waals surface area contributed by atoms with Crippen LogP contribution in [0.3, 0.4) is 0 Å². The first-order chi connectivity index (χ1) is 10.8. The third-order valence-electron chi connectivity index (χ3n) is 7.34. The molecular formula is C20H30O3. The van der Waals surface area contributed by atoms with E-state index in [1.807, 2.05) is 0 Å². The average molecular weight is 318 g/mol. The van der Waals surface area contributed by atoms with Crippen molar-refractivity contribution >= 4 is 5.97 Å². The van der Waals surface area contributed by atoms with Crippen molar-refractivity contribution in [1.29, 1.82) is 0 Å². The lowest BCUT2D eigenvalue weighted by atomic mass is 9.47. The Morgan fingerprint density at radius 1 is 1.35 bits per heavy atom. The molecule has 0 radical (unpaired) electrons. The molecule has 0 amide bonds. The minimum Gasteiger partial charge on any atom is -0.458 e. The summed E-state index contributed by atoms with van der Waals surface area (Å²) in [6.45, 7) is 9.64. The standard InChI is InChI=1S/C20H30O3/c1-13-6-5-7-17-19(13,3)10-8-14(2)20(17,4)12-16(21)15-9-11-23-18(15)22/h6,9,14,16-17,21H,5,7-8,10-12H2,1-4H3/t14-,16-,17+,19+,20+/m0/s1. The van der Waals surface area contributed by atoms with E-state index in [0.29, 0.717) is 30.4 Å². The molecule has 23 heavy (non-hydrogen) atoms.